The number of amides is 1. The van der Waals surface area contributed by atoms with Gasteiger partial charge in [0.2, 0.25) is 5.91 Å². The Bertz CT molecular complexity index is 526. The van der Waals surface area contributed by atoms with Gasteiger partial charge in [0, 0.05) is 11.9 Å². The van der Waals surface area contributed by atoms with E-state index in [9.17, 15) is 4.79 Å². The van der Waals surface area contributed by atoms with Gasteiger partial charge in [-0.2, -0.15) is 0 Å². The van der Waals surface area contributed by atoms with E-state index in [1.807, 2.05) is 42.5 Å². The molecule has 0 aliphatic rings. The summed E-state index contributed by atoms with van der Waals surface area (Å²) < 4.78 is 0. The summed E-state index contributed by atoms with van der Waals surface area (Å²) in [5.41, 5.74) is 7.99. The van der Waals surface area contributed by atoms with Crippen LogP contribution in [-0.4, -0.2) is 10.9 Å². The molecule has 2 aromatic rings. The predicted octanol–water partition coefficient (Wildman–Crippen LogP) is 1.72. The summed E-state index contributed by atoms with van der Waals surface area (Å²) in [5, 5.41) is 3.26. The molecule has 0 unspecified atom stereocenters. The summed E-state index contributed by atoms with van der Waals surface area (Å²) in [6, 6.07) is 13.4. The molecule has 0 aliphatic carbocycles. The third kappa shape index (κ3) is 3.31. The lowest BCUT2D eigenvalue weighted by molar-refractivity contribution is -0.117. The van der Waals surface area contributed by atoms with Crippen LogP contribution in [0, 0.1) is 0 Å². The van der Waals surface area contributed by atoms with Crippen LogP contribution in [0.4, 0.5) is 5.69 Å². The van der Waals surface area contributed by atoms with Gasteiger partial charge in [0.15, 0.2) is 0 Å². The maximum absolute atomic E-state index is 11.0. The number of nitrogens with two attached hydrogens (primary N) is 1. The van der Waals surface area contributed by atoms with Crippen LogP contribution in [0.1, 0.15) is 11.3 Å². The number of hydrogen-bond acceptors (Lipinski definition) is 3. The summed E-state index contributed by atoms with van der Waals surface area (Å²) >= 11 is 0. The summed E-state index contributed by atoms with van der Waals surface area (Å²) in [6.07, 6.45) is 2.00. The first-order chi connectivity index (χ1) is 8.75. The molecule has 18 heavy (non-hydrogen) atoms. The Labute approximate surface area is 106 Å². The van der Waals surface area contributed by atoms with Gasteiger partial charge in [0.1, 0.15) is 0 Å². The van der Waals surface area contributed by atoms with E-state index in [1.165, 1.54) is 0 Å². The summed E-state index contributed by atoms with van der Waals surface area (Å²) in [4.78, 5) is 15.2. The zero-order valence-corrected chi connectivity index (χ0v) is 9.97. The number of pyridine rings is 1. The monoisotopic (exact) mass is 241 g/mol. The molecular formula is C14H15N3O. The molecule has 4 heteroatoms. The van der Waals surface area contributed by atoms with E-state index in [0.29, 0.717) is 6.54 Å². The highest BCUT2D eigenvalue weighted by Gasteiger charge is 2.04. The van der Waals surface area contributed by atoms with Crippen molar-refractivity contribution >= 4 is 11.6 Å². The van der Waals surface area contributed by atoms with Gasteiger partial charge in [0.05, 0.1) is 18.7 Å². The average molecular weight is 241 g/mol. The Balaban J connectivity index is 2.07. The van der Waals surface area contributed by atoms with Gasteiger partial charge in [-0.3, -0.25) is 9.78 Å². The smallest absolute Gasteiger partial charge is 0.221 e. The van der Waals surface area contributed by atoms with E-state index in [-0.39, 0.29) is 12.3 Å². The second kappa shape index (κ2) is 5.82. The molecule has 0 saturated carbocycles. The van der Waals surface area contributed by atoms with Crippen LogP contribution < -0.4 is 11.1 Å². The molecule has 0 bridgehead atoms. The molecule has 0 spiro atoms. The fourth-order valence-corrected chi connectivity index (χ4v) is 1.72. The molecule has 1 aromatic heterocycles. The van der Waals surface area contributed by atoms with E-state index in [2.05, 4.69) is 10.3 Å². The van der Waals surface area contributed by atoms with Crippen molar-refractivity contribution < 1.29 is 4.79 Å². The second-order valence-electron chi connectivity index (χ2n) is 3.97. The van der Waals surface area contributed by atoms with Crippen molar-refractivity contribution in [2.24, 2.45) is 5.73 Å². The Hall–Kier alpha value is -2.36. The Morgan fingerprint density at radius 3 is 2.67 bits per heavy atom. The average Bonchev–Trinajstić information content (AvgIpc) is 2.38. The van der Waals surface area contributed by atoms with Gasteiger partial charge in [-0.05, 0) is 23.8 Å². The number of aromatic nitrogens is 1. The molecule has 3 N–H and O–H groups in total. The number of anilines is 1. The quantitative estimate of drug-likeness (QED) is 0.837. The van der Waals surface area contributed by atoms with Gasteiger partial charge < -0.3 is 11.1 Å². The van der Waals surface area contributed by atoms with Crippen LogP contribution in [0.15, 0.2) is 48.7 Å². The largest absolute Gasteiger partial charge is 0.379 e. The molecule has 1 amide bonds. The van der Waals surface area contributed by atoms with Crippen molar-refractivity contribution in [2.45, 2.75) is 13.0 Å². The predicted molar refractivity (Wildman–Crippen MR) is 70.9 cm³/mol. The van der Waals surface area contributed by atoms with Crippen molar-refractivity contribution in [1.82, 2.24) is 4.98 Å². The van der Waals surface area contributed by atoms with Gasteiger partial charge in [0.25, 0.3) is 0 Å². The molecule has 2 rings (SSSR count). The number of nitrogens with one attached hydrogen (secondary N) is 1. The van der Waals surface area contributed by atoms with Crippen molar-refractivity contribution in [1.29, 1.82) is 0 Å². The van der Waals surface area contributed by atoms with Crippen molar-refractivity contribution in [3.63, 3.8) is 0 Å². The van der Waals surface area contributed by atoms with E-state index < -0.39 is 0 Å². The molecule has 0 aliphatic heterocycles. The first kappa shape index (κ1) is 12.1. The van der Waals surface area contributed by atoms with Crippen LogP contribution >= 0.6 is 0 Å². The van der Waals surface area contributed by atoms with Crippen molar-refractivity contribution in [2.75, 3.05) is 5.32 Å². The fraction of sp³-hybridized carbons (Fsp3) is 0.143. The zero-order valence-electron chi connectivity index (χ0n) is 9.97. The first-order valence-electron chi connectivity index (χ1n) is 5.75. The SMILES string of the molecule is NC(=O)Cc1ccccc1NCc1ccccn1. The minimum Gasteiger partial charge on any atom is -0.379 e. The van der Waals surface area contributed by atoms with E-state index >= 15 is 0 Å². The Morgan fingerprint density at radius 1 is 1.17 bits per heavy atom. The van der Waals surface area contributed by atoms with Gasteiger partial charge >= 0.3 is 0 Å². The van der Waals surface area contributed by atoms with Crippen LogP contribution in [0.25, 0.3) is 0 Å². The standard InChI is InChI=1S/C14H15N3O/c15-14(18)9-11-5-1-2-7-13(11)17-10-12-6-3-4-8-16-12/h1-8,17H,9-10H2,(H2,15,18). The normalized spacial score (nSPS) is 10.0. The van der Waals surface area contributed by atoms with Crippen molar-refractivity contribution in [3.05, 3.63) is 59.9 Å². The van der Waals surface area contributed by atoms with Crippen LogP contribution in [0.5, 0.6) is 0 Å². The highest BCUT2D eigenvalue weighted by Crippen LogP contribution is 2.16. The molecule has 0 saturated heterocycles. The number of benzene rings is 1. The molecule has 1 aromatic carbocycles. The summed E-state index contributed by atoms with van der Waals surface area (Å²) in [6.45, 7) is 0.622. The van der Waals surface area contributed by atoms with E-state index in [1.54, 1.807) is 6.20 Å². The van der Waals surface area contributed by atoms with Crippen LogP contribution in [-0.2, 0) is 17.8 Å². The number of rotatable bonds is 5. The lowest BCUT2D eigenvalue weighted by Crippen LogP contribution is -2.15. The molecule has 1 heterocycles. The molecule has 0 radical (unpaired) electrons. The Morgan fingerprint density at radius 2 is 1.94 bits per heavy atom. The van der Waals surface area contributed by atoms with E-state index in [4.69, 9.17) is 5.73 Å². The highest BCUT2D eigenvalue weighted by molar-refractivity contribution is 5.78. The van der Waals surface area contributed by atoms with Crippen molar-refractivity contribution in [3.8, 4) is 0 Å². The maximum atomic E-state index is 11.0. The minimum absolute atomic E-state index is 0.241. The number of primary amides is 1. The number of para-hydroxylation sites is 1. The number of nitrogens with zero attached hydrogens (tertiary/aromatic N) is 1. The third-order valence-electron chi connectivity index (χ3n) is 2.57. The third-order valence-corrected chi connectivity index (χ3v) is 2.57. The molecule has 0 fully saturated rings. The fourth-order valence-electron chi connectivity index (χ4n) is 1.72. The van der Waals surface area contributed by atoms with Crippen LogP contribution in [0.2, 0.25) is 0 Å². The van der Waals surface area contributed by atoms with Gasteiger partial charge in [-0.1, -0.05) is 24.3 Å². The minimum atomic E-state index is -0.331. The summed E-state index contributed by atoms with van der Waals surface area (Å²) in [7, 11) is 0. The maximum Gasteiger partial charge on any atom is 0.221 e. The molecular weight excluding hydrogens is 226 g/mol. The Kier molecular flexibility index (Phi) is 3.91. The lowest BCUT2D eigenvalue weighted by atomic mass is 10.1. The molecule has 92 valence electrons. The van der Waals surface area contributed by atoms with Crippen LogP contribution in [0.3, 0.4) is 0 Å². The zero-order chi connectivity index (χ0) is 12.8. The lowest BCUT2D eigenvalue weighted by Gasteiger charge is -2.10. The van der Waals surface area contributed by atoms with E-state index in [0.717, 1.165) is 16.9 Å². The topological polar surface area (TPSA) is 68.0 Å². The first-order valence-corrected chi connectivity index (χ1v) is 5.75. The highest BCUT2D eigenvalue weighted by atomic mass is 16.1. The van der Waals surface area contributed by atoms with Gasteiger partial charge in [-0.25, -0.2) is 0 Å². The number of hydrogen-bond donors (Lipinski definition) is 2. The summed E-state index contributed by atoms with van der Waals surface area (Å²) in [5.74, 6) is -0.331. The van der Waals surface area contributed by atoms with Gasteiger partial charge in [-0.15, -0.1) is 0 Å². The molecule has 0 atom stereocenters. The molecule has 4 nitrogen and oxygen atoms in total. The number of carbonyl (C=O) groups excluding carboxylic acids is 1. The number of carbonyl (C=O) groups is 1. The second-order valence-corrected chi connectivity index (χ2v) is 3.97.